The van der Waals surface area contributed by atoms with Crippen LogP contribution in [0, 0.1) is 19.8 Å². The van der Waals surface area contributed by atoms with Crippen molar-refractivity contribution < 1.29 is 0 Å². The maximum Gasteiger partial charge on any atom is 0.110 e. The van der Waals surface area contributed by atoms with E-state index in [0.29, 0.717) is 12.0 Å². The highest BCUT2D eigenvalue weighted by atomic mass is 32.1. The van der Waals surface area contributed by atoms with Crippen molar-refractivity contribution in [1.29, 1.82) is 0 Å². The highest BCUT2D eigenvalue weighted by Crippen LogP contribution is 2.29. The van der Waals surface area contributed by atoms with Crippen LogP contribution >= 0.6 is 11.3 Å². The topological polar surface area (TPSA) is 24.9 Å². The standard InChI is InChI=1S/C13H24N2S/c1-6-8-14-12(9(3)7-2)13-15-10(4)11(5)16-13/h9,12,14H,6-8H2,1-5H3. The van der Waals surface area contributed by atoms with Crippen LogP contribution in [0.1, 0.15) is 55.2 Å². The van der Waals surface area contributed by atoms with Gasteiger partial charge in [0, 0.05) is 4.88 Å². The van der Waals surface area contributed by atoms with E-state index in [9.17, 15) is 0 Å². The normalized spacial score (nSPS) is 15.1. The van der Waals surface area contributed by atoms with Crippen LogP contribution in [0.25, 0.3) is 0 Å². The Kier molecular flexibility index (Phi) is 5.42. The molecule has 0 aliphatic rings. The van der Waals surface area contributed by atoms with Crippen LogP contribution in [0.5, 0.6) is 0 Å². The van der Waals surface area contributed by atoms with Gasteiger partial charge in [-0.2, -0.15) is 0 Å². The summed E-state index contributed by atoms with van der Waals surface area (Å²) in [6.07, 6.45) is 2.37. The van der Waals surface area contributed by atoms with Gasteiger partial charge < -0.3 is 5.32 Å². The van der Waals surface area contributed by atoms with Crippen molar-refractivity contribution >= 4 is 11.3 Å². The number of nitrogens with one attached hydrogen (secondary N) is 1. The fourth-order valence-corrected chi connectivity index (χ4v) is 2.83. The third kappa shape index (κ3) is 3.29. The van der Waals surface area contributed by atoms with E-state index >= 15 is 0 Å². The Balaban J connectivity index is 2.82. The number of aryl methyl sites for hydroxylation is 2. The van der Waals surface area contributed by atoms with E-state index in [1.807, 2.05) is 11.3 Å². The fourth-order valence-electron chi connectivity index (χ4n) is 1.70. The lowest BCUT2D eigenvalue weighted by Gasteiger charge is -2.22. The molecule has 0 spiro atoms. The molecule has 0 aromatic carbocycles. The van der Waals surface area contributed by atoms with Crippen LogP contribution < -0.4 is 5.32 Å². The van der Waals surface area contributed by atoms with Crippen LogP contribution in [-0.4, -0.2) is 11.5 Å². The Labute approximate surface area is 103 Å². The van der Waals surface area contributed by atoms with Gasteiger partial charge in [-0.05, 0) is 32.7 Å². The second-order valence-electron chi connectivity index (χ2n) is 4.51. The second-order valence-corrected chi connectivity index (χ2v) is 5.75. The molecule has 0 saturated heterocycles. The number of hydrogen-bond acceptors (Lipinski definition) is 3. The average molecular weight is 240 g/mol. The summed E-state index contributed by atoms with van der Waals surface area (Å²) in [7, 11) is 0. The van der Waals surface area contributed by atoms with E-state index in [1.165, 1.54) is 28.4 Å². The van der Waals surface area contributed by atoms with E-state index in [0.717, 1.165) is 6.54 Å². The molecule has 2 unspecified atom stereocenters. The molecule has 92 valence electrons. The molecular weight excluding hydrogens is 216 g/mol. The van der Waals surface area contributed by atoms with Crippen molar-refractivity contribution in [3.63, 3.8) is 0 Å². The molecule has 1 rings (SSSR count). The molecule has 1 aromatic rings. The van der Waals surface area contributed by atoms with Gasteiger partial charge in [-0.25, -0.2) is 4.98 Å². The van der Waals surface area contributed by atoms with Crippen molar-refractivity contribution in [3.8, 4) is 0 Å². The van der Waals surface area contributed by atoms with E-state index in [4.69, 9.17) is 0 Å². The Bertz CT molecular complexity index is 300. The highest BCUT2D eigenvalue weighted by Gasteiger charge is 2.20. The molecule has 0 aliphatic heterocycles. The van der Waals surface area contributed by atoms with E-state index in [-0.39, 0.29) is 0 Å². The molecular formula is C13H24N2S. The molecule has 1 heterocycles. The van der Waals surface area contributed by atoms with E-state index < -0.39 is 0 Å². The van der Waals surface area contributed by atoms with Gasteiger partial charge in [-0.3, -0.25) is 0 Å². The summed E-state index contributed by atoms with van der Waals surface area (Å²) in [5.41, 5.74) is 1.19. The molecule has 2 nitrogen and oxygen atoms in total. The maximum absolute atomic E-state index is 4.69. The third-order valence-electron chi connectivity index (χ3n) is 3.14. The smallest absolute Gasteiger partial charge is 0.110 e. The first-order chi connectivity index (χ1) is 7.60. The van der Waals surface area contributed by atoms with Crippen molar-refractivity contribution in [3.05, 3.63) is 15.6 Å². The molecule has 0 amide bonds. The molecule has 0 fully saturated rings. The minimum Gasteiger partial charge on any atom is -0.308 e. The highest BCUT2D eigenvalue weighted by molar-refractivity contribution is 7.11. The summed E-state index contributed by atoms with van der Waals surface area (Å²) in [5.74, 6) is 0.650. The monoisotopic (exact) mass is 240 g/mol. The van der Waals surface area contributed by atoms with Crippen molar-refractivity contribution in [1.82, 2.24) is 10.3 Å². The van der Waals surface area contributed by atoms with Gasteiger partial charge in [0.1, 0.15) is 5.01 Å². The molecule has 1 aromatic heterocycles. The Hall–Kier alpha value is -0.410. The second kappa shape index (κ2) is 6.36. The third-order valence-corrected chi connectivity index (χ3v) is 4.29. The minimum atomic E-state index is 0.433. The lowest BCUT2D eigenvalue weighted by atomic mass is 9.99. The van der Waals surface area contributed by atoms with Gasteiger partial charge in [-0.15, -0.1) is 11.3 Å². The van der Waals surface area contributed by atoms with Gasteiger partial charge >= 0.3 is 0 Å². The lowest BCUT2D eigenvalue weighted by Crippen LogP contribution is -2.27. The largest absolute Gasteiger partial charge is 0.308 e. The summed E-state index contributed by atoms with van der Waals surface area (Å²) in [5, 5.41) is 4.89. The molecule has 3 heteroatoms. The van der Waals surface area contributed by atoms with Gasteiger partial charge in [0.2, 0.25) is 0 Å². The van der Waals surface area contributed by atoms with Crippen LogP contribution in [0.4, 0.5) is 0 Å². The number of aromatic nitrogens is 1. The zero-order chi connectivity index (χ0) is 12.1. The zero-order valence-corrected chi connectivity index (χ0v) is 11.9. The maximum atomic E-state index is 4.69. The molecule has 2 atom stereocenters. The zero-order valence-electron chi connectivity index (χ0n) is 11.1. The van der Waals surface area contributed by atoms with Crippen molar-refractivity contribution in [2.75, 3.05) is 6.54 Å². The van der Waals surface area contributed by atoms with Crippen LogP contribution in [0.15, 0.2) is 0 Å². The van der Waals surface area contributed by atoms with Crippen molar-refractivity contribution in [2.24, 2.45) is 5.92 Å². The minimum absolute atomic E-state index is 0.433. The van der Waals surface area contributed by atoms with Crippen LogP contribution in [-0.2, 0) is 0 Å². The molecule has 16 heavy (non-hydrogen) atoms. The Morgan fingerprint density at radius 2 is 2.00 bits per heavy atom. The summed E-state index contributed by atoms with van der Waals surface area (Å²) in [6, 6.07) is 0.433. The molecule has 0 bridgehead atoms. The summed E-state index contributed by atoms with van der Waals surface area (Å²) in [6.45, 7) is 12.1. The van der Waals surface area contributed by atoms with E-state index in [1.54, 1.807) is 0 Å². The van der Waals surface area contributed by atoms with Gasteiger partial charge in [0.25, 0.3) is 0 Å². The predicted molar refractivity (Wildman–Crippen MR) is 72.1 cm³/mol. The van der Waals surface area contributed by atoms with Gasteiger partial charge in [0.15, 0.2) is 0 Å². The number of rotatable bonds is 6. The Morgan fingerprint density at radius 3 is 2.44 bits per heavy atom. The Morgan fingerprint density at radius 1 is 1.31 bits per heavy atom. The molecule has 0 saturated carbocycles. The molecule has 1 N–H and O–H groups in total. The number of thiazole rings is 1. The fraction of sp³-hybridized carbons (Fsp3) is 0.769. The number of nitrogens with zero attached hydrogens (tertiary/aromatic N) is 1. The van der Waals surface area contributed by atoms with E-state index in [2.05, 4.69) is 44.9 Å². The quantitative estimate of drug-likeness (QED) is 0.817. The van der Waals surface area contributed by atoms with Gasteiger partial charge in [0.05, 0.1) is 11.7 Å². The average Bonchev–Trinajstić information content (AvgIpc) is 2.59. The van der Waals surface area contributed by atoms with Crippen molar-refractivity contribution in [2.45, 2.75) is 53.5 Å². The number of hydrogen-bond donors (Lipinski definition) is 1. The summed E-state index contributed by atoms with van der Waals surface area (Å²) < 4.78 is 0. The van der Waals surface area contributed by atoms with Crippen LogP contribution in [0.3, 0.4) is 0 Å². The molecule has 0 aliphatic carbocycles. The first kappa shape index (κ1) is 13.7. The summed E-state index contributed by atoms with van der Waals surface area (Å²) in [4.78, 5) is 6.04. The first-order valence-electron chi connectivity index (χ1n) is 6.27. The summed E-state index contributed by atoms with van der Waals surface area (Å²) >= 11 is 1.84. The first-order valence-corrected chi connectivity index (χ1v) is 7.09. The van der Waals surface area contributed by atoms with Crippen LogP contribution in [0.2, 0.25) is 0 Å². The predicted octanol–water partition coefficient (Wildman–Crippen LogP) is 3.85. The van der Waals surface area contributed by atoms with Gasteiger partial charge in [-0.1, -0.05) is 27.2 Å². The SMILES string of the molecule is CCCNC(c1nc(C)c(C)s1)C(C)CC. The molecule has 0 radical (unpaired) electrons. The lowest BCUT2D eigenvalue weighted by molar-refractivity contribution is 0.376.